The molecule has 0 spiro atoms. The Morgan fingerprint density at radius 2 is 2.19 bits per heavy atom. The van der Waals surface area contributed by atoms with E-state index in [0.29, 0.717) is 18.9 Å². The summed E-state index contributed by atoms with van der Waals surface area (Å²) < 4.78 is 13.5. The summed E-state index contributed by atoms with van der Waals surface area (Å²) in [6.07, 6.45) is 3.19. The highest BCUT2D eigenvalue weighted by Crippen LogP contribution is 2.23. The number of carbonyl (C=O) groups is 1. The standard InChI is InChI=1S/C12H15FN2O/c1-9(16)10-4-7-15(8-5-10)12-11(13)3-2-6-14-12/h2-3,6,10H,4-5,7-8H2,1H3. The minimum absolute atomic E-state index is 0.142. The van der Waals surface area contributed by atoms with Crippen LogP contribution in [0.2, 0.25) is 0 Å². The fourth-order valence-electron chi connectivity index (χ4n) is 2.11. The van der Waals surface area contributed by atoms with E-state index >= 15 is 0 Å². The molecule has 86 valence electrons. The van der Waals surface area contributed by atoms with E-state index in [0.717, 1.165) is 12.8 Å². The number of halogens is 1. The number of carbonyl (C=O) groups excluding carboxylic acids is 1. The molecule has 1 aliphatic rings. The smallest absolute Gasteiger partial charge is 0.165 e. The molecule has 1 aliphatic heterocycles. The van der Waals surface area contributed by atoms with Crippen molar-refractivity contribution < 1.29 is 9.18 Å². The maximum absolute atomic E-state index is 13.5. The molecule has 1 aromatic rings. The van der Waals surface area contributed by atoms with Crippen LogP contribution in [0.5, 0.6) is 0 Å². The Labute approximate surface area is 94.3 Å². The third kappa shape index (κ3) is 2.21. The number of rotatable bonds is 2. The average Bonchev–Trinajstić information content (AvgIpc) is 2.30. The van der Waals surface area contributed by atoms with Crippen LogP contribution in [0.25, 0.3) is 0 Å². The van der Waals surface area contributed by atoms with Crippen LogP contribution in [0, 0.1) is 11.7 Å². The molecular formula is C12H15FN2O. The van der Waals surface area contributed by atoms with Crippen molar-refractivity contribution in [3.63, 3.8) is 0 Å². The summed E-state index contributed by atoms with van der Waals surface area (Å²) in [4.78, 5) is 17.2. The minimum Gasteiger partial charge on any atom is -0.354 e. The molecule has 0 unspecified atom stereocenters. The molecule has 2 rings (SSSR count). The van der Waals surface area contributed by atoms with Crippen molar-refractivity contribution in [2.75, 3.05) is 18.0 Å². The summed E-state index contributed by atoms with van der Waals surface area (Å²) in [6.45, 7) is 3.04. The van der Waals surface area contributed by atoms with E-state index in [2.05, 4.69) is 4.98 Å². The topological polar surface area (TPSA) is 33.2 Å². The molecule has 2 heterocycles. The van der Waals surface area contributed by atoms with Gasteiger partial charge < -0.3 is 4.90 Å². The number of pyridine rings is 1. The van der Waals surface area contributed by atoms with E-state index in [1.165, 1.54) is 6.07 Å². The second kappa shape index (κ2) is 4.60. The Morgan fingerprint density at radius 3 is 2.75 bits per heavy atom. The van der Waals surface area contributed by atoms with Gasteiger partial charge in [0.2, 0.25) is 0 Å². The normalized spacial score (nSPS) is 17.5. The summed E-state index contributed by atoms with van der Waals surface area (Å²) in [6, 6.07) is 3.00. The Hall–Kier alpha value is -1.45. The minimum atomic E-state index is -0.288. The lowest BCUT2D eigenvalue weighted by Gasteiger charge is -2.31. The summed E-state index contributed by atoms with van der Waals surface area (Å²) in [5.74, 6) is 0.498. The summed E-state index contributed by atoms with van der Waals surface area (Å²) in [5, 5.41) is 0. The van der Waals surface area contributed by atoms with Crippen LogP contribution in [0.1, 0.15) is 19.8 Å². The first-order valence-corrected chi connectivity index (χ1v) is 5.54. The zero-order chi connectivity index (χ0) is 11.5. The van der Waals surface area contributed by atoms with Crippen LogP contribution in [-0.2, 0) is 4.79 Å². The SMILES string of the molecule is CC(=O)C1CCN(c2ncccc2F)CC1. The number of ketones is 1. The monoisotopic (exact) mass is 222 g/mol. The third-order valence-corrected chi connectivity index (χ3v) is 3.11. The van der Waals surface area contributed by atoms with E-state index in [-0.39, 0.29) is 17.5 Å². The second-order valence-electron chi connectivity index (χ2n) is 4.18. The van der Waals surface area contributed by atoms with Crippen LogP contribution in [0.4, 0.5) is 10.2 Å². The van der Waals surface area contributed by atoms with E-state index in [9.17, 15) is 9.18 Å². The van der Waals surface area contributed by atoms with Crippen molar-refractivity contribution in [3.05, 3.63) is 24.1 Å². The summed E-state index contributed by atoms with van der Waals surface area (Å²) in [7, 11) is 0. The lowest BCUT2D eigenvalue weighted by Crippen LogP contribution is -2.36. The van der Waals surface area contributed by atoms with Gasteiger partial charge in [0, 0.05) is 25.2 Å². The van der Waals surface area contributed by atoms with Gasteiger partial charge in [0.05, 0.1) is 0 Å². The van der Waals surface area contributed by atoms with Crippen LogP contribution in [-0.4, -0.2) is 23.9 Å². The maximum atomic E-state index is 13.5. The van der Waals surface area contributed by atoms with Crippen molar-refractivity contribution >= 4 is 11.6 Å². The van der Waals surface area contributed by atoms with Crippen molar-refractivity contribution in [2.45, 2.75) is 19.8 Å². The molecule has 0 aromatic carbocycles. The first-order chi connectivity index (χ1) is 7.68. The van der Waals surface area contributed by atoms with Gasteiger partial charge in [-0.25, -0.2) is 9.37 Å². The van der Waals surface area contributed by atoms with E-state index in [4.69, 9.17) is 0 Å². The quantitative estimate of drug-likeness (QED) is 0.767. The highest BCUT2D eigenvalue weighted by Gasteiger charge is 2.24. The molecule has 0 bridgehead atoms. The van der Waals surface area contributed by atoms with Gasteiger partial charge in [-0.15, -0.1) is 0 Å². The molecule has 0 atom stereocenters. The fraction of sp³-hybridized carbons (Fsp3) is 0.500. The molecule has 3 nitrogen and oxygen atoms in total. The highest BCUT2D eigenvalue weighted by molar-refractivity contribution is 5.78. The second-order valence-corrected chi connectivity index (χ2v) is 4.18. The number of Topliss-reactive ketones (excluding diaryl/α,β-unsaturated/α-hetero) is 1. The van der Waals surface area contributed by atoms with Crippen LogP contribution >= 0.6 is 0 Å². The number of piperidine rings is 1. The molecule has 16 heavy (non-hydrogen) atoms. The summed E-state index contributed by atoms with van der Waals surface area (Å²) >= 11 is 0. The summed E-state index contributed by atoms with van der Waals surface area (Å²) in [5.41, 5.74) is 0. The molecule has 1 fully saturated rings. The lowest BCUT2D eigenvalue weighted by molar-refractivity contribution is -0.121. The molecule has 4 heteroatoms. The first-order valence-electron chi connectivity index (χ1n) is 5.54. The highest BCUT2D eigenvalue weighted by atomic mass is 19.1. The predicted molar refractivity (Wildman–Crippen MR) is 59.8 cm³/mol. The van der Waals surface area contributed by atoms with Gasteiger partial charge in [-0.1, -0.05) is 0 Å². The lowest BCUT2D eigenvalue weighted by atomic mass is 9.93. The van der Waals surface area contributed by atoms with Gasteiger partial charge in [-0.3, -0.25) is 4.79 Å². The molecule has 0 N–H and O–H groups in total. The molecule has 0 aliphatic carbocycles. The third-order valence-electron chi connectivity index (χ3n) is 3.11. The zero-order valence-electron chi connectivity index (χ0n) is 9.32. The van der Waals surface area contributed by atoms with E-state index < -0.39 is 0 Å². The Bertz CT molecular complexity index is 386. The van der Waals surface area contributed by atoms with Gasteiger partial charge in [-0.05, 0) is 31.9 Å². The average molecular weight is 222 g/mol. The number of nitrogens with zero attached hydrogens (tertiary/aromatic N) is 2. The molecule has 0 radical (unpaired) electrons. The van der Waals surface area contributed by atoms with E-state index in [1.807, 2.05) is 4.90 Å². The van der Waals surface area contributed by atoms with Crippen LogP contribution in [0.15, 0.2) is 18.3 Å². The number of hydrogen-bond donors (Lipinski definition) is 0. The van der Waals surface area contributed by atoms with Crippen molar-refractivity contribution in [1.29, 1.82) is 0 Å². The van der Waals surface area contributed by atoms with Crippen LogP contribution in [0.3, 0.4) is 0 Å². The predicted octanol–water partition coefficient (Wildman–Crippen LogP) is 2.03. The molecule has 0 saturated carbocycles. The Morgan fingerprint density at radius 1 is 1.50 bits per heavy atom. The van der Waals surface area contributed by atoms with Crippen LogP contribution < -0.4 is 4.90 Å². The molecule has 1 saturated heterocycles. The number of anilines is 1. The Kier molecular flexibility index (Phi) is 3.17. The number of aromatic nitrogens is 1. The van der Waals surface area contributed by atoms with Crippen molar-refractivity contribution in [1.82, 2.24) is 4.98 Å². The number of hydrogen-bond acceptors (Lipinski definition) is 3. The van der Waals surface area contributed by atoms with Crippen molar-refractivity contribution in [3.8, 4) is 0 Å². The van der Waals surface area contributed by atoms with Gasteiger partial charge in [0.25, 0.3) is 0 Å². The van der Waals surface area contributed by atoms with Gasteiger partial charge in [0.1, 0.15) is 5.78 Å². The van der Waals surface area contributed by atoms with Crippen molar-refractivity contribution in [2.24, 2.45) is 5.92 Å². The molecule has 0 amide bonds. The largest absolute Gasteiger partial charge is 0.354 e. The van der Waals surface area contributed by atoms with Gasteiger partial charge >= 0.3 is 0 Å². The zero-order valence-corrected chi connectivity index (χ0v) is 9.32. The maximum Gasteiger partial charge on any atom is 0.165 e. The molecule has 1 aromatic heterocycles. The Balaban J connectivity index is 2.05. The van der Waals surface area contributed by atoms with Gasteiger partial charge in [-0.2, -0.15) is 0 Å². The fourth-order valence-corrected chi connectivity index (χ4v) is 2.11. The first kappa shape index (κ1) is 11.0. The molecular weight excluding hydrogens is 207 g/mol. The van der Waals surface area contributed by atoms with Gasteiger partial charge in [0.15, 0.2) is 11.6 Å². The van der Waals surface area contributed by atoms with E-state index in [1.54, 1.807) is 19.2 Å².